The van der Waals surface area contributed by atoms with E-state index in [2.05, 4.69) is 4.98 Å². The predicted molar refractivity (Wildman–Crippen MR) is 69.6 cm³/mol. The normalized spacial score (nSPS) is 11.0. The summed E-state index contributed by atoms with van der Waals surface area (Å²) in [6.45, 7) is 1.64. The molecule has 21 heavy (non-hydrogen) atoms. The smallest absolute Gasteiger partial charge is 0.420 e. The Morgan fingerprint density at radius 2 is 2.00 bits per heavy atom. The first-order valence-corrected chi connectivity index (χ1v) is 5.83. The Morgan fingerprint density at radius 1 is 1.29 bits per heavy atom. The second kappa shape index (κ2) is 5.32. The molecule has 1 aromatic heterocycles. The lowest BCUT2D eigenvalue weighted by molar-refractivity contribution is -0.138. The molecule has 0 atom stereocenters. The number of anilines is 1. The highest BCUT2D eigenvalue weighted by atomic mass is 19.4. The first-order chi connectivity index (χ1) is 9.82. The van der Waals surface area contributed by atoms with Crippen LogP contribution in [0.4, 0.5) is 18.9 Å². The van der Waals surface area contributed by atoms with Crippen molar-refractivity contribution in [2.45, 2.75) is 13.1 Å². The third-order valence-electron chi connectivity index (χ3n) is 2.75. The van der Waals surface area contributed by atoms with E-state index in [1.54, 1.807) is 13.0 Å². The summed E-state index contributed by atoms with van der Waals surface area (Å²) in [6, 6.07) is 6.59. The lowest BCUT2D eigenvalue weighted by Gasteiger charge is -2.14. The van der Waals surface area contributed by atoms with Crippen molar-refractivity contribution >= 4 is 5.69 Å². The van der Waals surface area contributed by atoms with E-state index in [1.807, 2.05) is 6.07 Å². The Morgan fingerprint density at radius 3 is 2.62 bits per heavy atom. The summed E-state index contributed by atoms with van der Waals surface area (Å²) in [6.07, 6.45) is -3.27. The molecule has 0 fully saturated rings. The van der Waals surface area contributed by atoms with Crippen LogP contribution in [-0.2, 0) is 6.18 Å². The zero-order valence-electron chi connectivity index (χ0n) is 10.9. The van der Waals surface area contributed by atoms with E-state index in [1.165, 1.54) is 12.3 Å². The van der Waals surface area contributed by atoms with Crippen LogP contribution in [-0.4, -0.2) is 4.98 Å². The van der Waals surface area contributed by atoms with Crippen molar-refractivity contribution in [2.75, 3.05) is 5.73 Å². The largest absolute Gasteiger partial charge is 0.437 e. The van der Waals surface area contributed by atoms with Gasteiger partial charge < -0.3 is 10.5 Å². The third-order valence-corrected chi connectivity index (χ3v) is 2.75. The molecule has 0 saturated carbocycles. The van der Waals surface area contributed by atoms with Gasteiger partial charge in [-0.15, -0.1) is 0 Å². The molecule has 7 heteroatoms. The number of hydrogen-bond acceptors (Lipinski definition) is 4. The van der Waals surface area contributed by atoms with Gasteiger partial charge in [0, 0.05) is 11.9 Å². The van der Waals surface area contributed by atoms with Crippen LogP contribution in [0.15, 0.2) is 30.5 Å². The van der Waals surface area contributed by atoms with E-state index in [0.29, 0.717) is 5.56 Å². The zero-order valence-corrected chi connectivity index (χ0v) is 10.9. The number of rotatable bonds is 2. The zero-order chi connectivity index (χ0) is 15.6. The van der Waals surface area contributed by atoms with Crippen molar-refractivity contribution in [1.82, 2.24) is 4.98 Å². The Kier molecular flexibility index (Phi) is 3.72. The fourth-order valence-corrected chi connectivity index (χ4v) is 1.71. The molecule has 1 heterocycles. The van der Waals surface area contributed by atoms with Crippen LogP contribution in [0, 0.1) is 18.3 Å². The van der Waals surface area contributed by atoms with E-state index in [0.717, 1.165) is 12.1 Å². The maximum atomic E-state index is 13.0. The lowest BCUT2D eigenvalue weighted by atomic mass is 10.1. The van der Waals surface area contributed by atoms with Gasteiger partial charge in [-0.05, 0) is 36.8 Å². The summed E-state index contributed by atoms with van der Waals surface area (Å²) in [7, 11) is 0. The first kappa shape index (κ1) is 14.7. The van der Waals surface area contributed by atoms with Crippen LogP contribution in [0.2, 0.25) is 0 Å². The number of benzene rings is 1. The minimum atomic E-state index is -4.62. The van der Waals surface area contributed by atoms with Crippen molar-refractivity contribution < 1.29 is 17.9 Å². The van der Waals surface area contributed by atoms with Gasteiger partial charge in [-0.3, -0.25) is 0 Å². The Bertz CT molecular complexity index is 720. The second-order valence-corrected chi connectivity index (χ2v) is 4.28. The SMILES string of the molecule is Cc1ccnc(Oc2ccc(N)cc2C(F)(F)F)c1C#N. The van der Waals surface area contributed by atoms with Gasteiger partial charge in [-0.1, -0.05) is 0 Å². The third kappa shape index (κ3) is 3.05. The Labute approximate surface area is 118 Å². The van der Waals surface area contributed by atoms with Crippen LogP contribution in [0.5, 0.6) is 11.6 Å². The van der Waals surface area contributed by atoms with Crippen molar-refractivity contribution in [3.05, 3.63) is 47.2 Å². The summed E-state index contributed by atoms with van der Waals surface area (Å²) in [5, 5.41) is 9.04. The molecule has 1 aromatic carbocycles. The van der Waals surface area contributed by atoms with Crippen LogP contribution < -0.4 is 10.5 Å². The van der Waals surface area contributed by atoms with E-state index < -0.39 is 17.5 Å². The number of nitrogen functional groups attached to an aromatic ring is 1. The first-order valence-electron chi connectivity index (χ1n) is 5.83. The number of ether oxygens (including phenoxy) is 1. The Hall–Kier alpha value is -2.75. The molecule has 0 bridgehead atoms. The standard InChI is InChI=1S/C14H10F3N3O/c1-8-4-5-20-13(10(8)7-18)21-12-3-2-9(19)6-11(12)14(15,16)17/h2-6H,19H2,1H3. The van der Waals surface area contributed by atoms with E-state index >= 15 is 0 Å². The molecular formula is C14H10F3N3O. The topological polar surface area (TPSA) is 71.9 Å². The summed E-state index contributed by atoms with van der Waals surface area (Å²) < 4.78 is 44.1. The molecule has 0 amide bonds. The van der Waals surface area contributed by atoms with Crippen LogP contribution in [0.3, 0.4) is 0 Å². The van der Waals surface area contributed by atoms with Gasteiger partial charge in [0.05, 0.1) is 0 Å². The second-order valence-electron chi connectivity index (χ2n) is 4.28. The summed E-state index contributed by atoms with van der Waals surface area (Å²) in [5.41, 5.74) is 4.97. The van der Waals surface area contributed by atoms with E-state index in [4.69, 9.17) is 15.7 Å². The number of aryl methyl sites for hydroxylation is 1. The molecule has 4 nitrogen and oxygen atoms in total. The van der Waals surface area contributed by atoms with Crippen LogP contribution >= 0.6 is 0 Å². The molecule has 108 valence electrons. The average Bonchev–Trinajstić information content (AvgIpc) is 2.40. The fourth-order valence-electron chi connectivity index (χ4n) is 1.71. The maximum Gasteiger partial charge on any atom is 0.420 e. The van der Waals surface area contributed by atoms with Gasteiger partial charge >= 0.3 is 6.18 Å². The number of halogens is 3. The molecule has 0 radical (unpaired) electrons. The molecule has 0 aliphatic carbocycles. The number of nitrogens with two attached hydrogens (primary N) is 1. The monoisotopic (exact) mass is 293 g/mol. The predicted octanol–water partition coefficient (Wildman–Crippen LogP) is 3.66. The van der Waals surface area contributed by atoms with Gasteiger partial charge in [0.1, 0.15) is 22.9 Å². The fraction of sp³-hybridized carbons (Fsp3) is 0.143. The van der Waals surface area contributed by atoms with Crippen molar-refractivity contribution in [3.63, 3.8) is 0 Å². The number of alkyl halides is 3. The van der Waals surface area contributed by atoms with E-state index in [-0.39, 0.29) is 17.1 Å². The van der Waals surface area contributed by atoms with E-state index in [9.17, 15) is 13.2 Å². The molecule has 0 saturated heterocycles. The number of nitriles is 1. The van der Waals surface area contributed by atoms with Crippen molar-refractivity contribution in [2.24, 2.45) is 0 Å². The van der Waals surface area contributed by atoms with Gasteiger partial charge in [0.25, 0.3) is 0 Å². The summed E-state index contributed by atoms with van der Waals surface area (Å²) in [5.74, 6) is -0.626. The molecule has 2 aromatic rings. The highest BCUT2D eigenvalue weighted by Crippen LogP contribution is 2.39. The van der Waals surface area contributed by atoms with Gasteiger partial charge in [-0.25, -0.2) is 4.98 Å². The summed E-state index contributed by atoms with van der Waals surface area (Å²) in [4.78, 5) is 3.81. The molecule has 0 unspecified atom stereocenters. The number of nitrogens with zero attached hydrogens (tertiary/aromatic N) is 2. The van der Waals surface area contributed by atoms with Gasteiger partial charge in [0.2, 0.25) is 5.88 Å². The Balaban J connectivity index is 2.51. The average molecular weight is 293 g/mol. The highest BCUT2D eigenvalue weighted by Gasteiger charge is 2.35. The minimum Gasteiger partial charge on any atom is -0.437 e. The van der Waals surface area contributed by atoms with Crippen LogP contribution in [0.1, 0.15) is 16.7 Å². The van der Waals surface area contributed by atoms with Crippen molar-refractivity contribution in [1.29, 1.82) is 5.26 Å². The molecule has 0 spiro atoms. The summed E-state index contributed by atoms with van der Waals surface area (Å²) >= 11 is 0. The lowest BCUT2D eigenvalue weighted by Crippen LogP contribution is -2.08. The van der Waals surface area contributed by atoms with Crippen LogP contribution in [0.25, 0.3) is 0 Å². The quantitative estimate of drug-likeness (QED) is 0.858. The number of hydrogen-bond donors (Lipinski definition) is 1. The molecule has 2 N–H and O–H groups in total. The molecule has 0 aliphatic heterocycles. The van der Waals surface area contributed by atoms with Gasteiger partial charge in [0.15, 0.2) is 0 Å². The van der Waals surface area contributed by atoms with Gasteiger partial charge in [-0.2, -0.15) is 18.4 Å². The minimum absolute atomic E-state index is 0.0348. The highest BCUT2D eigenvalue weighted by molar-refractivity contribution is 5.52. The number of aromatic nitrogens is 1. The molecular weight excluding hydrogens is 283 g/mol. The number of pyridine rings is 1. The maximum absolute atomic E-state index is 13.0. The van der Waals surface area contributed by atoms with Crippen molar-refractivity contribution in [3.8, 4) is 17.7 Å². The molecule has 0 aliphatic rings. The molecule has 2 rings (SSSR count).